The molecule has 0 spiro atoms. The number of hydrogen-bond acceptors (Lipinski definition) is 8. The summed E-state index contributed by atoms with van der Waals surface area (Å²) in [5.74, 6) is 1.54. The Morgan fingerprint density at radius 1 is 0.938 bits per heavy atom. The maximum atomic E-state index is 13.4. The Kier molecular flexibility index (Phi) is 9.12. The number of pyridine rings is 1. The molecule has 6 rings (SSSR count). The third-order valence-electron chi connectivity index (χ3n) is 8.93. The number of amides is 3. The van der Waals surface area contributed by atoms with Gasteiger partial charge in [-0.1, -0.05) is 65.8 Å². The number of ether oxygens (including phenoxy) is 1. The number of nitrogens with one attached hydrogen (secondary N) is 3. The van der Waals surface area contributed by atoms with Gasteiger partial charge in [0.1, 0.15) is 23.5 Å². The molecule has 12 heteroatoms. The van der Waals surface area contributed by atoms with Crippen molar-refractivity contribution in [2.45, 2.75) is 96.2 Å². The second-order valence-corrected chi connectivity index (χ2v) is 15.0. The van der Waals surface area contributed by atoms with Gasteiger partial charge in [0.2, 0.25) is 5.82 Å². The number of likely N-dealkylation sites (N-methyl/N-ethyl adjacent to an activating group) is 1. The van der Waals surface area contributed by atoms with Crippen LogP contribution < -0.4 is 20.7 Å². The highest BCUT2D eigenvalue weighted by atomic mass is 16.5. The number of anilines is 1. The van der Waals surface area contributed by atoms with Gasteiger partial charge in [0.25, 0.3) is 5.91 Å². The fraction of sp³-hybridized carbons (Fsp3) is 0.500. The first-order valence-corrected chi connectivity index (χ1v) is 16.8. The van der Waals surface area contributed by atoms with E-state index in [9.17, 15) is 9.59 Å². The third-order valence-corrected chi connectivity index (χ3v) is 8.93. The average Bonchev–Trinajstić information content (AvgIpc) is 3.79. The first-order valence-electron chi connectivity index (χ1n) is 16.8. The van der Waals surface area contributed by atoms with Gasteiger partial charge in [-0.15, -0.1) is 10.2 Å². The van der Waals surface area contributed by atoms with Gasteiger partial charge >= 0.3 is 6.03 Å². The van der Waals surface area contributed by atoms with Crippen molar-refractivity contribution in [3.05, 3.63) is 77.1 Å². The maximum absolute atomic E-state index is 13.4. The lowest BCUT2D eigenvalue weighted by molar-refractivity contribution is 0.0938. The monoisotopic (exact) mass is 653 g/mol. The second-order valence-electron chi connectivity index (χ2n) is 15.0. The molecule has 0 aliphatic heterocycles. The van der Waals surface area contributed by atoms with Crippen LogP contribution in [0.15, 0.2) is 48.7 Å². The van der Waals surface area contributed by atoms with E-state index in [1.807, 2.05) is 61.7 Å². The van der Waals surface area contributed by atoms with Crippen LogP contribution in [-0.4, -0.2) is 67.6 Å². The molecule has 3 N–H and O–H groups in total. The summed E-state index contributed by atoms with van der Waals surface area (Å²) < 4.78 is 8.54. The number of aromatic nitrogens is 5. The smallest absolute Gasteiger partial charge is 0.320 e. The highest BCUT2D eigenvalue weighted by Gasteiger charge is 2.31. The molecule has 2 aliphatic carbocycles. The zero-order valence-electron chi connectivity index (χ0n) is 29.0. The Hall–Kier alpha value is -4.58. The maximum Gasteiger partial charge on any atom is 0.320 e. The van der Waals surface area contributed by atoms with Gasteiger partial charge in [0.15, 0.2) is 5.65 Å². The fourth-order valence-corrected chi connectivity index (χ4v) is 6.07. The molecule has 1 fully saturated rings. The van der Waals surface area contributed by atoms with Crippen LogP contribution in [0.4, 0.5) is 10.6 Å². The van der Waals surface area contributed by atoms with Crippen molar-refractivity contribution < 1.29 is 14.3 Å². The van der Waals surface area contributed by atoms with E-state index < -0.39 is 6.03 Å². The van der Waals surface area contributed by atoms with Crippen molar-refractivity contribution in [3.8, 4) is 5.75 Å². The molecule has 12 nitrogen and oxygen atoms in total. The van der Waals surface area contributed by atoms with Gasteiger partial charge in [-0.3, -0.25) is 14.5 Å². The van der Waals surface area contributed by atoms with Crippen molar-refractivity contribution in [1.82, 2.24) is 40.1 Å². The molecule has 2 atom stereocenters. The Balaban J connectivity index is 1.14. The molecule has 2 aliphatic rings. The van der Waals surface area contributed by atoms with Gasteiger partial charge in [0.05, 0.1) is 17.9 Å². The molecule has 3 amide bonds. The molecule has 4 aromatic rings. The molecule has 254 valence electrons. The predicted octanol–water partition coefficient (Wildman–Crippen LogP) is 5.72. The SMILES string of the molecule is CN(CCNC(=O)c1nc(NC(=O)N[C@H]2CC[C@@H](Oc3ccc4nnc(C(C)(C)C)n4c3)c3ccccc32)cc(C(C)(C)C)n1)C1CC1. The van der Waals surface area contributed by atoms with Gasteiger partial charge in [-0.05, 0) is 56.0 Å². The molecule has 0 radical (unpaired) electrons. The van der Waals surface area contributed by atoms with E-state index in [1.165, 1.54) is 12.8 Å². The van der Waals surface area contributed by atoms with Crippen LogP contribution in [0.25, 0.3) is 5.65 Å². The lowest BCUT2D eigenvalue weighted by Gasteiger charge is -2.32. The van der Waals surface area contributed by atoms with Crippen LogP contribution in [0.1, 0.15) is 113 Å². The van der Waals surface area contributed by atoms with Crippen molar-refractivity contribution in [1.29, 1.82) is 0 Å². The van der Waals surface area contributed by atoms with Crippen molar-refractivity contribution >= 4 is 23.4 Å². The number of carbonyl (C=O) groups excluding carboxylic acids is 2. The summed E-state index contributed by atoms with van der Waals surface area (Å²) >= 11 is 0. The number of fused-ring (bicyclic) bond motifs is 2. The Labute approximate surface area is 282 Å². The number of carbonyl (C=O) groups is 2. The molecule has 0 bridgehead atoms. The zero-order valence-corrected chi connectivity index (χ0v) is 29.0. The number of nitrogens with zero attached hydrogens (tertiary/aromatic N) is 6. The summed E-state index contributed by atoms with van der Waals surface area (Å²) in [4.78, 5) is 37.7. The Morgan fingerprint density at radius 3 is 2.40 bits per heavy atom. The van der Waals surface area contributed by atoms with Gasteiger partial charge in [-0.25, -0.2) is 14.8 Å². The van der Waals surface area contributed by atoms with E-state index in [4.69, 9.17) is 4.74 Å². The van der Waals surface area contributed by atoms with E-state index in [0.29, 0.717) is 31.1 Å². The summed E-state index contributed by atoms with van der Waals surface area (Å²) in [7, 11) is 2.07. The third kappa shape index (κ3) is 7.59. The number of rotatable bonds is 9. The predicted molar refractivity (Wildman–Crippen MR) is 184 cm³/mol. The van der Waals surface area contributed by atoms with Crippen molar-refractivity contribution in [3.63, 3.8) is 0 Å². The Bertz CT molecular complexity index is 1800. The summed E-state index contributed by atoms with van der Waals surface area (Å²) in [6.45, 7) is 13.6. The van der Waals surface area contributed by atoms with E-state index in [2.05, 4.69) is 74.9 Å². The quantitative estimate of drug-likeness (QED) is 0.209. The van der Waals surface area contributed by atoms with Gasteiger partial charge in [-0.2, -0.15) is 0 Å². The van der Waals surface area contributed by atoms with Crippen LogP contribution in [0.5, 0.6) is 5.75 Å². The summed E-state index contributed by atoms with van der Waals surface area (Å²) in [5.41, 5.74) is 2.93. The highest BCUT2D eigenvalue weighted by Crippen LogP contribution is 2.39. The van der Waals surface area contributed by atoms with E-state index >= 15 is 0 Å². The zero-order chi connectivity index (χ0) is 34.2. The molecular weight excluding hydrogens is 606 g/mol. The molecule has 1 saturated carbocycles. The summed E-state index contributed by atoms with van der Waals surface area (Å²) in [6, 6.07) is 13.6. The van der Waals surface area contributed by atoms with Gasteiger partial charge in [0, 0.05) is 36.0 Å². The van der Waals surface area contributed by atoms with Crippen LogP contribution >= 0.6 is 0 Å². The molecule has 3 heterocycles. The first-order chi connectivity index (χ1) is 22.8. The summed E-state index contributed by atoms with van der Waals surface area (Å²) in [5, 5.41) is 17.6. The number of hydrogen-bond donors (Lipinski definition) is 3. The normalized spacial score (nSPS) is 18.0. The molecule has 48 heavy (non-hydrogen) atoms. The molecule has 0 saturated heterocycles. The minimum absolute atomic E-state index is 0.0362. The van der Waals surface area contributed by atoms with Crippen LogP contribution in [0.2, 0.25) is 0 Å². The van der Waals surface area contributed by atoms with Crippen LogP contribution in [-0.2, 0) is 10.8 Å². The lowest BCUT2D eigenvalue weighted by Crippen LogP contribution is -2.37. The van der Waals surface area contributed by atoms with Crippen molar-refractivity contribution in [2.24, 2.45) is 0 Å². The number of urea groups is 1. The lowest BCUT2D eigenvalue weighted by atomic mass is 9.85. The largest absolute Gasteiger partial charge is 0.484 e. The Morgan fingerprint density at radius 2 is 1.69 bits per heavy atom. The standard InChI is InChI=1S/C36H47N9O3/c1-35(2,3)28-20-29(40-31(39-28)32(46)37-18-19-44(7)22-12-13-22)41-34(47)38-26-15-16-27(25-11-9-8-10-24(25)26)48-23-14-17-30-42-43-33(36(4,5)6)45(30)21-23/h8-11,14,17,20-22,26-27H,12-13,15-16,18-19H2,1-7H3,(H,37,46)(H2,38,39,40,41,47)/t26-,27+/m0/s1. The first kappa shape index (κ1) is 33.3. The average molecular weight is 654 g/mol. The topological polar surface area (TPSA) is 139 Å². The van der Waals surface area contributed by atoms with E-state index in [-0.39, 0.29) is 40.5 Å². The molecular formula is C36H47N9O3. The van der Waals surface area contributed by atoms with Crippen LogP contribution in [0.3, 0.4) is 0 Å². The molecule has 3 aromatic heterocycles. The fourth-order valence-electron chi connectivity index (χ4n) is 6.07. The van der Waals surface area contributed by atoms with Crippen molar-refractivity contribution in [2.75, 3.05) is 25.5 Å². The second kappa shape index (κ2) is 13.1. The van der Waals surface area contributed by atoms with Gasteiger partial charge < -0.3 is 20.3 Å². The summed E-state index contributed by atoms with van der Waals surface area (Å²) in [6.07, 6.45) is 5.56. The van der Waals surface area contributed by atoms with Crippen LogP contribution in [0, 0.1) is 0 Å². The molecule has 1 aromatic carbocycles. The van der Waals surface area contributed by atoms with E-state index in [0.717, 1.165) is 34.9 Å². The minimum Gasteiger partial charge on any atom is -0.484 e. The van der Waals surface area contributed by atoms with E-state index in [1.54, 1.807) is 6.07 Å². The molecule has 0 unspecified atom stereocenters. The minimum atomic E-state index is -0.405. The number of benzene rings is 1. The highest BCUT2D eigenvalue weighted by molar-refractivity contribution is 5.92.